The lowest BCUT2D eigenvalue weighted by molar-refractivity contribution is -0.137. The minimum absolute atomic E-state index is 0.0375. The Morgan fingerprint density at radius 3 is 2.27 bits per heavy atom. The molecule has 136 valence electrons. The number of nitrogens with one attached hydrogen (secondary N) is 2. The largest absolute Gasteiger partial charge is 0.485 e. The summed E-state index contributed by atoms with van der Waals surface area (Å²) in [6.45, 7) is -0.0427. The molecule has 0 fully saturated rings. The van der Waals surface area contributed by atoms with Gasteiger partial charge in [-0.3, -0.25) is 20.4 Å². The predicted octanol–water partition coefficient (Wildman–Crippen LogP) is 2.31. The first-order chi connectivity index (χ1) is 12.3. The third-order valence-electron chi connectivity index (χ3n) is 3.57. The van der Waals surface area contributed by atoms with E-state index in [4.69, 9.17) is 9.47 Å². The van der Waals surface area contributed by atoms with E-state index in [9.17, 15) is 22.8 Å². The standard InChI is InChI=1S/C17H13F3N2O4/c18-17(19,20)11-7-5-10(6-8-11)15(23)21-22-16(24)14-9-25-12-3-1-2-4-13(12)26-14/h1-8,14H,9H2,(H,21,23)(H,22,24)/t14-/m1/s1. The number of rotatable bonds is 2. The molecule has 6 nitrogen and oxygen atoms in total. The molecule has 0 radical (unpaired) electrons. The summed E-state index contributed by atoms with van der Waals surface area (Å²) in [6.07, 6.45) is -5.46. The van der Waals surface area contributed by atoms with Gasteiger partial charge in [0.15, 0.2) is 11.5 Å². The van der Waals surface area contributed by atoms with Crippen molar-refractivity contribution in [3.63, 3.8) is 0 Å². The zero-order valence-corrected chi connectivity index (χ0v) is 13.2. The van der Waals surface area contributed by atoms with Crippen LogP contribution in [0.25, 0.3) is 0 Å². The first-order valence-corrected chi connectivity index (χ1v) is 7.50. The molecule has 2 N–H and O–H groups in total. The van der Waals surface area contributed by atoms with E-state index >= 15 is 0 Å². The van der Waals surface area contributed by atoms with Crippen molar-refractivity contribution in [2.45, 2.75) is 12.3 Å². The van der Waals surface area contributed by atoms with Crippen molar-refractivity contribution in [2.24, 2.45) is 0 Å². The molecule has 2 aromatic carbocycles. The van der Waals surface area contributed by atoms with E-state index in [0.717, 1.165) is 24.3 Å². The Morgan fingerprint density at radius 2 is 1.62 bits per heavy atom. The van der Waals surface area contributed by atoms with Crippen LogP contribution in [0.2, 0.25) is 0 Å². The summed E-state index contributed by atoms with van der Waals surface area (Å²) in [5, 5.41) is 0. The van der Waals surface area contributed by atoms with Crippen LogP contribution in [-0.4, -0.2) is 24.5 Å². The SMILES string of the molecule is O=C(NNC(=O)[C@H]1COc2ccccc2O1)c1ccc(C(F)(F)F)cc1. The molecule has 9 heteroatoms. The molecular weight excluding hydrogens is 353 g/mol. The lowest BCUT2D eigenvalue weighted by Crippen LogP contribution is -2.50. The van der Waals surface area contributed by atoms with Gasteiger partial charge >= 0.3 is 6.18 Å². The number of halogens is 3. The summed E-state index contributed by atoms with van der Waals surface area (Å²) in [5.41, 5.74) is 3.38. The first kappa shape index (κ1) is 17.6. The van der Waals surface area contributed by atoms with Crippen LogP contribution < -0.4 is 20.3 Å². The fourth-order valence-corrected chi connectivity index (χ4v) is 2.23. The van der Waals surface area contributed by atoms with Gasteiger partial charge in [0.25, 0.3) is 11.8 Å². The smallest absolute Gasteiger partial charge is 0.416 e. The van der Waals surface area contributed by atoms with Crippen LogP contribution in [0.3, 0.4) is 0 Å². The molecule has 0 unspecified atom stereocenters. The van der Waals surface area contributed by atoms with Crippen LogP contribution >= 0.6 is 0 Å². The molecule has 1 aliphatic heterocycles. The normalized spacial score (nSPS) is 15.9. The highest BCUT2D eigenvalue weighted by Gasteiger charge is 2.30. The van der Waals surface area contributed by atoms with Crippen molar-refractivity contribution in [2.75, 3.05) is 6.61 Å². The Balaban J connectivity index is 1.55. The summed E-state index contributed by atoms with van der Waals surface area (Å²) < 4.78 is 48.4. The van der Waals surface area contributed by atoms with E-state index in [2.05, 4.69) is 10.9 Å². The van der Waals surface area contributed by atoms with Crippen LogP contribution in [0.5, 0.6) is 11.5 Å². The maximum absolute atomic E-state index is 12.5. The van der Waals surface area contributed by atoms with Gasteiger partial charge in [0.2, 0.25) is 6.10 Å². The highest BCUT2D eigenvalue weighted by atomic mass is 19.4. The molecule has 0 saturated carbocycles. The Kier molecular flexibility index (Phi) is 4.70. The molecule has 0 spiro atoms. The van der Waals surface area contributed by atoms with Crippen LogP contribution in [0, 0.1) is 0 Å². The number of amides is 2. The quantitative estimate of drug-likeness (QED) is 0.800. The van der Waals surface area contributed by atoms with E-state index in [1.807, 2.05) is 0 Å². The van der Waals surface area contributed by atoms with Gasteiger partial charge in [-0.25, -0.2) is 0 Å². The number of benzene rings is 2. The van der Waals surface area contributed by atoms with Crippen molar-refractivity contribution in [3.05, 3.63) is 59.7 Å². The number of ether oxygens (including phenoxy) is 2. The number of carbonyl (C=O) groups excluding carboxylic acids is 2. The summed E-state index contributed by atoms with van der Waals surface area (Å²) in [4.78, 5) is 24.0. The van der Waals surface area contributed by atoms with Gasteiger partial charge in [0, 0.05) is 5.56 Å². The fraction of sp³-hybridized carbons (Fsp3) is 0.176. The van der Waals surface area contributed by atoms with E-state index in [-0.39, 0.29) is 12.2 Å². The van der Waals surface area contributed by atoms with Crippen molar-refractivity contribution in [1.29, 1.82) is 0 Å². The minimum Gasteiger partial charge on any atom is -0.485 e. The molecule has 2 amide bonds. The van der Waals surface area contributed by atoms with Crippen LogP contribution in [0.15, 0.2) is 48.5 Å². The number of para-hydroxylation sites is 2. The lowest BCUT2D eigenvalue weighted by Gasteiger charge is -2.25. The molecule has 2 aromatic rings. The number of alkyl halides is 3. The molecule has 0 aliphatic carbocycles. The van der Waals surface area contributed by atoms with E-state index in [1.54, 1.807) is 24.3 Å². The topological polar surface area (TPSA) is 76.7 Å². The van der Waals surface area contributed by atoms with Crippen molar-refractivity contribution >= 4 is 11.8 Å². The van der Waals surface area contributed by atoms with Gasteiger partial charge in [-0.2, -0.15) is 13.2 Å². The number of carbonyl (C=O) groups is 2. The Bertz CT molecular complexity index is 822. The zero-order valence-electron chi connectivity index (χ0n) is 13.2. The average molecular weight is 366 g/mol. The second kappa shape index (κ2) is 6.95. The summed E-state index contributed by atoms with van der Waals surface area (Å²) in [5.74, 6) is -0.512. The summed E-state index contributed by atoms with van der Waals surface area (Å²) in [7, 11) is 0. The molecule has 1 heterocycles. The maximum atomic E-state index is 12.5. The first-order valence-electron chi connectivity index (χ1n) is 7.50. The number of hydrogen-bond acceptors (Lipinski definition) is 4. The molecule has 0 aromatic heterocycles. The Labute approximate surface area is 145 Å². The van der Waals surface area contributed by atoms with Gasteiger partial charge in [-0.1, -0.05) is 12.1 Å². The zero-order chi connectivity index (χ0) is 18.7. The lowest BCUT2D eigenvalue weighted by atomic mass is 10.1. The maximum Gasteiger partial charge on any atom is 0.416 e. The van der Waals surface area contributed by atoms with Crippen LogP contribution in [0.1, 0.15) is 15.9 Å². The number of hydrazine groups is 1. The minimum atomic E-state index is -4.49. The molecule has 1 atom stereocenters. The van der Waals surface area contributed by atoms with Gasteiger partial charge < -0.3 is 9.47 Å². The van der Waals surface area contributed by atoms with Crippen molar-refractivity contribution in [3.8, 4) is 11.5 Å². The molecule has 0 bridgehead atoms. The Hall–Kier alpha value is -3.23. The van der Waals surface area contributed by atoms with Gasteiger partial charge in [-0.15, -0.1) is 0 Å². The van der Waals surface area contributed by atoms with Crippen LogP contribution in [0.4, 0.5) is 13.2 Å². The van der Waals surface area contributed by atoms with Crippen LogP contribution in [-0.2, 0) is 11.0 Å². The van der Waals surface area contributed by atoms with Gasteiger partial charge in [-0.05, 0) is 36.4 Å². The molecule has 0 saturated heterocycles. The second-order valence-electron chi connectivity index (χ2n) is 5.38. The van der Waals surface area contributed by atoms with E-state index < -0.39 is 29.7 Å². The third kappa shape index (κ3) is 3.88. The molecule has 1 aliphatic rings. The summed E-state index contributed by atoms with van der Waals surface area (Å²) in [6, 6.07) is 10.4. The fourth-order valence-electron chi connectivity index (χ4n) is 2.23. The van der Waals surface area contributed by atoms with Gasteiger partial charge in [0.1, 0.15) is 6.61 Å². The van der Waals surface area contributed by atoms with Gasteiger partial charge in [0.05, 0.1) is 5.56 Å². The molecule has 26 heavy (non-hydrogen) atoms. The monoisotopic (exact) mass is 366 g/mol. The second-order valence-corrected chi connectivity index (χ2v) is 5.38. The number of fused-ring (bicyclic) bond motifs is 1. The predicted molar refractivity (Wildman–Crippen MR) is 83.4 cm³/mol. The summed E-state index contributed by atoms with van der Waals surface area (Å²) >= 11 is 0. The Morgan fingerprint density at radius 1 is 0.962 bits per heavy atom. The highest BCUT2D eigenvalue weighted by Crippen LogP contribution is 2.31. The van der Waals surface area contributed by atoms with E-state index in [0.29, 0.717) is 11.5 Å². The molecular formula is C17H13F3N2O4. The number of hydrogen-bond donors (Lipinski definition) is 2. The highest BCUT2D eigenvalue weighted by molar-refractivity contribution is 5.95. The third-order valence-corrected chi connectivity index (χ3v) is 3.57. The van der Waals surface area contributed by atoms with Crippen molar-refractivity contribution < 1.29 is 32.2 Å². The average Bonchev–Trinajstić information content (AvgIpc) is 2.64. The van der Waals surface area contributed by atoms with Crippen molar-refractivity contribution in [1.82, 2.24) is 10.9 Å². The van der Waals surface area contributed by atoms with E-state index in [1.165, 1.54) is 0 Å². The molecule has 3 rings (SSSR count).